The van der Waals surface area contributed by atoms with Crippen molar-refractivity contribution in [2.24, 2.45) is 0 Å². The molecule has 0 aliphatic carbocycles. The summed E-state index contributed by atoms with van der Waals surface area (Å²) in [5.41, 5.74) is 9.17. The van der Waals surface area contributed by atoms with E-state index in [4.69, 9.17) is 10.5 Å². The van der Waals surface area contributed by atoms with Gasteiger partial charge in [0.25, 0.3) is 5.91 Å². The molecule has 0 radical (unpaired) electrons. The fourth-order valence-electron chi connectivity index (χ4n) is 3.68. The van der Waals surface area contributed by atoms with Crippen LogP contribution >= 0.6 is 0 Å². The molecule has 3 aromatic rings. The molecule has 3 heterocycles. The number of nitrogens with zero attached hydrogens (tertiary/aromatic N) is 4. The fourth-order valence-corrected chi connectivity index (χ4v) is 3.68. The van der Waals surface area contributed by atoms with Crippen LogP contribution in [0.2, 0.25) is 0 Å². The minimum absolute atomic E-state index is 0.0540. The molecule has 0 bridgehead atoms. The van der Waals surface area contributed by atoms with Crippen LogP contribution < -0.4 is 5.73 Å². The Balaban J connectivity index is 1.70. The molecule has 2 N–H and O–H groups in total. The van der Waals surface area contributed by atoms with E-state index in [1.807, 2.05) is 24.3 Å². The van der Waals surface area contributed by atoms with E-state index in [0.717, 1.165) is 11.3 Å². The van der Waals surface area contributed by atoms with Crippen LogP contribution in [0.5, 0.6) is 0 Å². The lowest BCUT2D eigenvalue weighted by Gasteiger charge is -2.16. The predicted octanol–water partition coefficient (Wildman–Crippen LogP) is 2.31. The van der Waals surface area contributed by atoms with E-state index in [-0.39, 0.29) is 22.9 Å². The Morgan fingerprint density at radius 3 is 2.83 bits per heavy atom. The number of anilines is 1. The predicted molar refractivity (Wildman–Crippen MR) is 109 cm³/mol. The van der Waals surface area contributed by atoms with Gasteiger partial charge in [-0.1, -0.05) is 12.1 Å². The number of aromatic nitrogens is 2. The highest BCUT2D eigenvalue weighted by molar-refractivity contribution is 6.00. The van der Waals surface area contributed by atoms with Gasteiger partial charge < -0.3 is 19.9 Å². The molecular formula is C22H19N5O3. The first-order chi connectivity index (χ1) is 14.5. The Kier molecular flexibility index (Phi) is 4.94. The summed E-state index contributed by atoms with van der Waals surface area (Å²) in [6.07, 6.45) is 3.86. The highest BCUT2D eigenvalue weighted by Gasteiger charge is 2.31. The van der Waals surface area contributed by atoms with Crippen LogP contribution in [0.3, 0.4) is 0 Å². The van der Waals surface area contributed by atoms with E-state index >= 15 is 0 Å². The van der Waals surface area contributed by atoms with Gasteiger partial charge in [0.05, 0.1) is 24.0 Å². The number of nitrogens with two attached hydrogens (primary N) is 1. The maximum absolute atomic E-state index is 12.9. The Morgan fingerprint density at radius 2 is 2.13 bits per heavy atom. The molecule has 0 spiro atoms. The van der Waals surface area contributed by atoms with Crippen LogP contribution in [0.4, 0.5) is 5.69 Å². The maximum Gasteiger partial charge on any atom is 0.357 e. The molecule has 30 heavy (non-hydrogen) atoms. The fraction of sp³-hybridized carbons (Fsp3) is 0.182. The van der Waals surface area contributed by atoms with E-state index in [9.17, 15) is 14.9 Å². The number of carbonyl (C=O) groups is 2. The average Bonchev–Trinajstić information content (AvgIpc) is 3.29. The molecular weight excluding hydrogens is 382 g/mol. The monoisotopic (exact) mass is 401 g/mol. The lowest BCUT2D eigenvalue weighted by molar-refractivity contribution is 0.0592. The van der Waals surface area contributed by atoms with Crippen molar-refractivity contribution in [1.29, 1.82) is 5.26 Å². The molecule has 0 fully saturated rings. The van der Waals surface area contributed by atoms with Gasteiger partial charge in [-0.3, -0.25) is 9.78 Å². The summed E-state index contributed by atoms with van der Waals surface area (Å²) in [5, 5.41) is 9.35. The number of hydrogen-bond acceptors (Lipinski definition) is 6. The molecule has 0 saturated heterocycles. The Morgan fingerprint density at radius 1 is 1.30 bits per heavy atom. The van der Waals surface area contributed by atoms with Crippen molar-refractivity contribution in [1.82, 2.24) is 14.5 Å². The number of methoxy groups -OCH3 is 1. The number of rotatable bonds is 5. The summed E-state index contributed by atoms with van der Waals surface area (Å²) in [4.78, 5) is 31.3. The summed E-state index contributed by atoms with van der Waals surface area (Å²) < 4.78 is 6.39. The largest absolute Gasteiger partial charge is 0.464 e. The Hall–Kier alpha value is -4.12. The summed E-state index contributed by atoms with van der Waals surface area (Å²) in [6.45, 7) is 0.906. The minimum atomic E-state index is -0.650. The summed E-state index contributed by atoms with van der Waals surface area (Å²) in [5.74, 6) is -0.731. The van der Waals surface area contributed by atoms with Crippen LogP contribution in [0, 0.1) is 11.3 Å². The van der Waals surface area contributed by atoms with Crippen molar-refractivity contribution in [3.05, 3.63) is 76.9 Å². The summed E-state index contributed by atoms with van der Waals surface area (Å²) in [7, 11) is 1.25. The standard InChI is InChI=1S/C22H19N5O3/c1-30-22(29)20-19(24)14(11-23)12-27(20)18-7-4-6-16-17(18)13-26(21(16)28)10-8-15-5-2-3-9-25-15/h2-7,9,12H,8,10,13,24H2,1H3. The van der Waals surface area contributed by atoms with Crippen molar-refractivity contribution in [3.8, 4) is 11.8 Å². The highest BCUT2D eigenvalue weighted by Crippen LogP contribution is 2.32. The molecule has 150 valence electrons. The van der Waals surface area contributed by atoms with Gasteiger partial charge >= 0.3 is 5.97 Å². The molecule has 8 heteroatoms. The number of fused-ring (bicyclic) bond motifs is 1. The van der Waals surface area contributed by atoms with E-state index in [1.165, 1.54) is 17.9 Å². The van der Waals surface area contributed by atoms with Gasteiger partial charge in [0, 0.05) is 48.7 Å². The van der Waals surface area contributed by atoms with Crippen molar-refractivity contribution in [2.45, 2.75) is 13.0 Å². The summed E-state index contributed by atoms with van der Waals surface area (Å²) >= 11 is 0. The van der Waals surface area contributed by atoms with Gasteiger partial charge in [0.2, 0.25) is 0 Å². The molecule has 4 rings (SSSR count). The van der Waals surface area contributed by atoms with Crippen LogP contribution in [0.15, 0.2) is 48.8 Å². The molecule has 1 aromatic carbocycles. The number of pyridine rings is 1. The third-order valence-electron chi connectivity index (χ3n) is 5.19. The molecule has 2 aromatic heterocycles. The highest BCUT2D eigenvalue weighted by atomic mass is 16.5. The van der Waals surface area contributed by atoms with Gasteiger partial charge in [0.1, 0.15) is 6.07 Å². The van der Waals surface area contributed by atoms with Gasteiger partial charge in [-0.25, -0.2) is 4.79 Å². The number of amides is 1. The molecule has 0 unspecified atom stereocenters. The number of esters is 1. The lowest BCUT2D eigenvalue weighted by Crippen LogP contribution is -2.26. The van der Waals surface area contributed by atoms with E-state index in [1.54, 1.807) is 29.3 Å². The normalized spacial score (nSPS) is 12.5. The van der Waals surface area contributed by atoms with E-state index in [0.29, 0.717) is 30.8 Å². The molecule has 0 saturated carbocycles. The molecule has 8 nitrogen and oxygen atoms in total. The zero-order valence-electron chi connectivity index (χ0n) is 16.3. The SMILES string of the molecule is COC(=O)c1c(N)c(C#N)cn1-c1cccc2c1CN(CCc1ccccn1)C2=O. The number of benzene rings is 1. The Bertz CT molecular complexity index is 1180. The van der Waals surface area contributed by atoms with Crippen molar-refractivity contribution < 1.29 is 14.3 Å². The third-order valence-corrected chi connectivity index (χ3v) is 5.19. The third kappa shape index (κ3) is 3.16. The van der Waals surface area contributed by atoms with Crippen molar-refractivity contribution in [2.75, 3.05) is 19.4 Å². The molecule has 1 amide bonds. The second-order valence-corrected chi connectivity index (χ2v) is 6.88. The number of carbonyl (C=O) groups excluding carboxylic acids is 2. The van der Waals surface area contributed by atoms with Gasteiger partial charge in [-0.05, 0) is 24.3 Å². The zero-order valence-corrected chi connectivity index (χ0v) is 16.3. The van der Waals surface area contributed by atoms with Gasteiger partial charge in [-0.2, -0.15) is 5.26 Å². The van der Waals surface area contributed by atoms with Gasteiger partial charge in [-0.15, -0.1) is 0 Å². The van der Waals surface area contributed by atoms with Crippen LogP contribution in [-0.2, 0) is 17.7 Å². The summed E-state index contributed by atoms with van der Waals surface area (Å²) in [6, 6.07) is 13.0. The van der Waals surface area contributed by atoms with Crippen LogP contribution in [0.1, 0.15) is 37.7 Å². The van der Waals surface area contributed by atoms with Crippen LogP contribution in [-0.4, -0.2) is 40.0 Å². The quantitative estimate of drug-likeness (QED) is 0.656. The minimum Gasteiger partial charge on any atom is -0.464 e. The first-order valence-corrected chi connectivity index (χ1v) is 9.35. The van der Waals surface area contributed by atoms with E-state index in [2.05, 4.69) is 4.98 Å². The molecule has 1 aliphatic rings. The van der Waals surface area contributed by atoms with Gasteiger partial charge in [0.15, 0.2) is 5.69 Å². The van der Waals surface area contributed by atoms with Crippen LogP contribution in [0.25, 0.3) is 5.69 Å². The topological polar surface area (TPSA) is 114 Å². The van der Waals surface area contributed by atoms with E-state index < -0.39 is 5.97 Å². The number of hydrogen-bond donors (Lipinski definition) is 1. The smallest absolute Gasteiger partial charge is 0.357 e. The second kappa shape index (κ2) is 7.72. The van der Waals surface area contributed by atoms with Crippen molar-refractivity contribution >= 4 is 17.6 Å². The first kappa shape index (κ1) is 19.2. The number of nitriles is 1. The first-order valence-electron chi connectivity index (χ1n) is 9.35. The Labute approximate surface area is 173 Å². The second-order valence-electron chi connectivity index (χ2n) is 6.88. The number of nitrogen functional groups attached to an aromatic ring is 1. The average molecular weight is 401 g/mol. The lowest BCUT2D eigenvalue weighted by atomic mass is 10.1. The molecule has 1 aliphatic heterocycles. The zero-order chi connectivity index (χ0) is 21.3. The maximum atomic E-state index is 12.9. The number of ether oxygens (including phenoxy) is 1. The van der Waals surface area contributed by atoms with Crippen molar-refractivity contribution in [3.63, 3.8) is 0 Å². The molecule has 0 atom stereocenters.